The maximum Gasteiger partial charge on any atom is 0.394 e. The van der Waals surface area contributed by atoms with Gasteiger partial charge in [-0.1, -0.05) is 0 Å². The van der Waals surface area contributed by atoms with Crippen LogP contribution in [0.15, 0.2) is 0 Å². The quantitative estimate of drug-likeness (QED) is 0.329. The Labute approximate surface area is 56.1 Å². The van der Waals surface area contributed by atoms with Crippen molar-refractivity contribution < 1.29 is 39.2 Å². The van der Waals surface area contributed by atoms with Crippen molar-refractivity contribution in [3.05, 3.63) is 0 Å². The first-order valence-corrected chi connectivity index (χ1v) is 2.10. The van der Waals surface area contributed by atoms with Crippen molar-refractivity contribution >= 4 is 10.4 Å². The summed E-state index contributed by atoms with van der Waals surface area (Å²) < 4.78 is 31.6. The minimum absolute atomic E-state index is 0. The van der Waals surface area contributed by atoms with Gasteiger partial charge in [0.25, 0.3) is 0 Å². The molecule has 0 saturated carbocycles. The predicted octanol–water partition coefficient (Wildman–Crippen LogP) is -0.493. The van der Waals surface area contributed by atoms with Crippen molar-refractivity contribution in [1.29, 1.82) is 0 Å². The molecule has 0 radical (unpaired) electrons. The van der Waals surface area contributed by atoms with Crippen LogP contribution in [0, 0.1) is 0 Å². The normalized spacial score (nSPS) is 8.29. The zero-order valence-corrected chi connectivity index (χ0v) is 5.70. The van der Waals surface area contributed by atoms with Crippen molar-refractivity contribution in [2.24, 2.45) is 0 Å². The van der Waals surface area contributed by atoms with Gasteiger partial charge < -0.3 is 6.15 Å². The standard InChI is InChI=1S/H3N.H2O4S.Ti/c;1-5(2,3)4;/h1H3;(H2,1,2,3,4);. The molecule has 0 aliphatic heterocycles. The van der Waals surface area contributed by atoms with Crippen LogP contribution in [0.5, 0.6) is 0 Å². The fourth-order valence-corrected chi connectivity index (χ4v) is 0. The van der Waals surface area contributed by atoms with Crippen LogP contribution in [0.3, 0.4) is 0 Å². The molecule has 7 heavy (non-hydrogen) atoms. The molecule has 44 valence electrons. The van der Waals surface area contributed by atoms with Gasteiger partial charge in [0.15, 0.2) is 0 Å². The molecule has 0 saturated heterocycles. The maximum atomic E-state index is 8.74. The van der Waals surface area contributed by atoms with Crippen LogP contribution in [0.25, 0.3) is 0 Å². The van der Waals surface area contributed by atoms with Crippen molar-refractivity contribution in [2.45, 2.75) is 0 Å². The zero-order valence-electron chi connectivity index (χ0n) is 3.33. The molecular formula is H5NO4STi. The van der Waals surface area contributed by atoms with Crippen molar-refractivity contribution in [3.63, 3.8) is 0 Å². The molecule has 0 bridgehead atoms. The van der Waals surface area contributed by atoms with Crippen molar-refractivity contribution in [2.75, 3.05) is 0 Å². The molecule has 0 spiro atoms. The van der Waals surface area contributed by atoms with E-state index in [1.165, 1.54) is 0 Å². The summed E-state index contributed by atoms with van der Waals surface area (Å²) in [5.74, 6) is 0. The molecule has 0 fully saturated rings. The molecule has 0 aromatic heterocycles. The van der Waals surface area contributed by atoms with Gasteiger partial charge in [0, 0.05) is 21.7 Å². The maximum absolute atomic E-state index is 8.74. The molecule has 0 aromatic rings. The van der Waals surface area contributed by atoms with E-state index in [-0.39, 0.29) is 27.9 Å². The van der Waals surface area contributed by atoms with E-state index < -0.39 is 10.4 Å². The summed E-state index contributed by atoms with van der Waals surface area (Å²) in [5, 5.41) is 0. The number of rotatable bonds is 0. The molecule has 0 amide bonds. The molecule has 0 aromatic carbocycles. The first-order valence-electron chi connectivity index (χ1n) is 0.698. The van der Waals surface area contributed by atoms with Gasteiger partial charge in [-0.3, -0.25) is 9.11 Å². The second-order valence-corrected chi connectivity index (χ2v) is 1.34. The molecule has 5 nitrogen and oxygen atoms in total. The van der Waals surface area contributed by atoms with Gasteiger partial charge in [-0.2, -0.15) is 8.42 Å². The Morgan fingerprint density at radius 3 is 1.14 bits per heavy atom. The minimum atomic E-state index is -4.67. The molecule has 5 N–H and O–H groups in total. The Kier molecular flexibility index (Phi) is 10.5. The second kappa shape index (κ2) is 4.70. The molecular weight excluding hydrogens is 158 g/mol. The van der Waals surface area contributed by atoms with Crippen LogP contribution in [0.1, 0.15) is 0 Å². The third-order valence-electron chi connectivity index (χ3n) is 0. The Hall–Kier alpha value is 0.544. The monoisotopic (exact) mass is 163 g/mol. The Morgan fingerprint density at radius 2 is 1.14 bits per heavy atom. The Morgan fingerprint density at radius 1 is 1.14 bits per heavy atom. The summed E-state index contributed by atoms with van der Waals surface area (Å²) in [6, 6.07) is 0. The van der Waals surface area contributed by atoms with E-state index in [4.69, 9.17) is 17.5 Å². The summed E-state index contributed by atoms with van der Waals surface area (Å²) in [6.45, 7) is 0. The third-order valence-corrected chi connectivity index (χ3v) is 0. The van der Waals surface area contributed by atoms with Crippen LogP contribution in [0.2, 0.25) is 0 Å². The smallest absolute Gasteiger partial charge is 0.344 e. The molecule has 0 aliphatic rings. The van der Waals surface area contributed by atoms with Gasteiger partial charge in [-0.25, -0.2) is 0 Å². The largest absolute Gasteiger partial charge is 0.394 e. The van der Waals surface area contributed by atoms with E-state index >= 15 is 0 Å². The Balaban J connectivity index is -0.0000000800. The van der Waals surface area contributed by atoms with Crippen molar-refractivity contribution in [3.8, 4) is 0 Å². The molecule has 0 aliphatic carbocycles. The second-order valence-electron chi connectivity index (χ2n) is 0.448. The van der Waals surface area contributed by atoms with E-state index in [1.807, 2.05) is 0 Å². The van der Waals surface area contributed by atoms with Crippen molar-refractivity contribution in [1.82, 2.24) is 6.15 Å². The first kappa shape index (κ1) is 15.6. The van der Waals surface area contributed by atoms with E-state index in [2.05, 4.69) is 0 Å². The summed E-state index contributed by atoms with van der Waals surface area (Å²) in [5.41, 5.74) is 0. The van der Waals surface area contributed by atoms with Gasteiger partial charge in [-0.15, -0.1) is 0 Å². The van der Waals surface area contributed by atoms with Gasteiger partial charge in [0.05, 0.1) is 0 Å². The average Bonchev–Trinajstić information content (AvgIpc) is 0.722. The third kappa shape index (κ3) is 456. The van der Waals surface area contributed by atoms with E-state index in [0.29, 0.717) is 0 Å². The molecule has 7 heteroatoms. The van der Waals surface area contributed by atoms with E-state index in [1.54, 1.807) is 0 Å². The SMILES string of the molecule is N.O=S(=O)(O)O.[Ti]. The van der Waals surface area contributed by atoms with Gasteiger partial charge in [0.2, 0.25) is 0 Å². The van der Waals surface area contributed by atoms with Crippen LogP contribution in [0.4, 0.5) is 0 Å². The Bertz CT molecular complexity index is 94.9. The topological polar surface area (TPSA) is 110 Å². The molecule has 0 rings (SSSR count). The van der Waals surface area contributed by atoms with Gasteiger partial charge >= 0.3 is 10.4 Å². The van der Waals surface area contributed by atoms with Crippen LogP contribution < -0.4 is 6.15 Å². The fraction of sp³-hybridized carbons (Fsp3) is 0. The summed E-state index contributed by atoms with van der Waals surface area (Å²) >= 11 is 0. The van der Waals surface area contributed by atoms with Crippen LogP contribution in [-0.2, 0) is 32.1 Å². The van der Waals surface area contributed by atoms with Gasteiger partial charge in [-0.05, 0) is 0 Å². The first-order chi connectivity index (χ1) is 2.00. The number of hydrogen-bond donors (Lipinski definition) is 3. The fourth-order valence-electron chi connectivity index (χ4n) is 0. The molecule has 0 atom stereocenters. The summed E-state index contributed by atoms with van der Waals surface area (Å²) in [7, 11) is -4.67. The van der Waals surface area contributed by atoms with Crippen LogP contribution >= 0.6 is 0 Å². The number of hydrogen-bond acceptors (Lipinski definition) is 3. The summed E-state index contributed by atoms with van der Waals surface area (Å²) in [4.78, 5) is 0. The van der Waals surface area contributed by atoms with Gasteiger partial charge in [0.1, 0.15) is 0 Å². The summed E-state index contributed by atoms with van der Waals surface area (Å²) in [6.07, 6.45) is 0. The van der Waals surface area contributed by atoms with Crippen LogP contribution in [-0.4, -0.2) is 17.5 Å². The van der Waals surface area contributed by atoms with E-state index in [9.17, 15) is 0 Å². The zero-order chi connectivity index (χ0) is 4.50. The molecule has 0 unspecified atom stereocenters. The predicted molar refractivity (Wildman–Crippen MR) is 19.2 cm³/mol. The minimum Gasteiger partial charge on any atom is -0.344 e. The van der Waals surface area contributed by atoms with E-state index in [0.717, 1.165) is 0 Å². The average molecular weight is 163 g/mol. The molecule has 0 heterocycles.